The maximum atomic E-state index is 5.67. The lowest BCUT2D eigenvalue weighted by Crippen LogP contribution is -1.95. The summed E-state index contributed by atoms with van der Waals surface area (Å²) in [5.74, 6) is 0.894. The number of nitrogens with one attached hydrogen (secondary N) is 1. The van der Waals surface area contributed by atoms with Crippen LogP contribution in [0.15, 0.2) is 35.1 Å². The maximum Gasteiger partial charge on any atom is 0.123 e. The van der Waals surface area contributed by atoms with Crippen LogP contribution in [0.25, 0.3) is 0 Å². The van der Waals surface area contributed by atoms with Gasteiger partial charge in [-0.3, -0.25) is 5.10 Å². The Kier molecular flexibility index (Phi) is 3.06. The second kappa shape index (κ2) is 4.49. The van der Waals surface area contributed by atoms with Gasteiger partial charge in [0.2, 0.25) is 0 Å². The zero-order valence-corrected chi connectivity index (χ0v) is 9.91. The lowest BCUT2D eigenvalue weighted by molar-refractivity contribution is 0.304. The summed E-state index contributed by atoms with van der Waals surface area (Å²) in [6, 6.07) is 5.99. The first-order valence-electron chi connectivity index (χ1n) is 4.62. The first kappa shape index (κ1) is 10.2. The van der Waals surface area contributed by atoms with Gasteiger partial charge in [0.15, 0.2) is 0 Å². The Hall–Kier alpha value is -1.29. The molecule has 0 aliphatic carbocycles. The molecule has 0 radical (unpaired) electrons. The standard InChI is InChI=1S/C11H11BrN2O/c1-8-2-3-10(12)4-11(8)15-7-9-5-13-14-6-9/h2-6H,7H2,1H3,(H,13,14). The molecule has 0 spiro atoms. The molecule has 0 saturated heterocycles. The van der Waals surface area contributed by atoms with Crippen molar-refractivity contribution in [3.63, 3.8) is 0 Å². The minimum Gasteiger partial charge on any atom is -0.488 e. The molecule has 1 aromatic heterocycles. The van der Waals surface area contributed by atoms with E-state index in [0.29, 0.717) is 6.61 Å². The molecule has 0 aliphatic rings. The highest BCUT2D eigenvalue weighted by Gasteiger charge is 2.01. The number of aromatic amines is 1. The van der Waals surface area contributed by atoms with E-state index in [-0.39, 0.29) is 0 Å². The Balaban J connectivity index is 2.07. The molecular weight excluding hydrogens is 256 g/mol. The van der Waals surface area contributed by atoms with Crippen molar-refractivity contribution in [2.45, 2.75) is 13.5 Å². The summed E-state index contributed by atoms with van der Waals surface area (Å²) in [7, 11) is 0. The number of H-pyrrole nitrogens is 1. The Bertz CT molecular complexity index is 440. The van der Waals surface area contributed by atoms with Crippen molar-refractivity contribution in [3.8, 4) is 5.75 Å². The van der Waals surface area contributed by atoms with Crippen LogP contribution in [0.1, 0.15) is 11.1 Å². The molecule has 2 aromatic rings. The van der Waals surface area contributed by atoms with Crippen molar-refractivity contribution in [2.75, 3.05) is 0 Å². The first-order valence-corrected chi connectivity index (χ1v) is 5.41. The summed E-state index contributed by atoms with van der Waals surface area (Å²) in [5.41, 5.74) is 2.16. The maximum absolute atomic E-state index is 5.67. The van der Waals surface area contributed by atoms with Gasteiger partial charge in [-0.15, -0.1) is 0 Å². The second-order valence-electron chi connectivity index (χ2n) is 3.31. The van der Waals surface area contributed by atoms with Crippen molar-refractivity contribution in [1.29, 1.82) is 0 Å². The molecule has 0 atom stereocenters. The van der Waals surface area contributed by atoms with Gasteiger partial charge < -0.3 is 4.74 Å². The predicted molar refractivity (Wildman–Crippen MR) is 61.8 cm³/mol. The summed E-state index contributed by atoms with van der Waals surface area (Å²) >= 11 is 3.42. The summed E-state index contributed by atoms with van der Waals surface area (Å²) in [4.78, 5) is 0. The molecule has 1 aromatic carbocycles. The third-order valence-corrected chi connectivity index (χ3v) is 2.59. The van der Waals surface area contributed by atoms with Crippen LogP contribution < -0.4 is 4.74 Å². The molecule has 1 N–H and O–H groups in total. The van der Waals surface area contributed by atoms with E-state index in [9.17, 15) is 0 Å². The Morgan fingerprint density at radius 1 is 1.47 bits per heavy atom. The van der Waals surface area contributed by atoms with Crippen LogP contribution in [0.4, 0.5) is 0 Å². The van der Waals surface area contributed by atoms with Crippen molar-refractivity contribution >= 4 is 15.9 Å². The molecule has 3 nitrogen and oxygen atoms in total. The van der Waals surface area contributed by atoms with E-state index in [1.54, 1.807) is 6.20 Å². The average Bonchev–Trinajstić information content (AvgIpc) is 2.72. The van der Waals surface area contributed by atoms with Gasteiger partial charge >= 0.3 is 0 Å². The van der Waals surface area contributed by atoms with Crippen LogP contribution in [0, 0.1) is 6.92 Å². The van der Waals surface area contributed by atoms with Crippen molar-refractivity contribution in [2.24, 2.45) is 0 Å². The molecule has 0 aliphatic heterocycles. The van der Waals surface area contributed by atoms with Gasteiger partial charge in [0.1, 0.15) is 12.4 Å². The zero-order chi connectivity index (χ0) is 10.7. The van der Waals surface area contributed by atoms with Gasteiger partial charge in [-0.1, -0.05) is 22.0 Å². The lowest BCUT2D eigenvalue weighted by atomic mass is 10.2. The van der Waals surface area contributed by atoms with Gasteiger partial charge in [0.05, 0.1) is 6.20 Å². The third-order valence-electron chi connectivity index (χ3n) is 2.10. The van der Waals surface area contributed by atoms with Crippen LogP contribution in [0.3, 0.4) is 0 Å². The largest absolute Gasteiger partial charge is 0.488 e. The SMILES string of the molecule is Cc1ccc(Br)cc1OCc1cn[nH]c1. The second-order valence-corrected chi connectivity index (χ2v) is 4.22. The minimum atomic E-state index is 0.536. The van der Waals surface area contributed by atoms with E-state index in [1.807, 2.05) is 31.3 Å². The van der Waals surface area contributed by atoms with Crippen LogP contribution in [0.5, 0.6) is 5.75 Å². The molecule has 0 amide bonds. The normalized spacial score (nSPS) is 10.3. The number of aromatic nitrogens is 2. The highest BCUT2D eigenvalue weighted by atomic mass is 79.9. The van der Waals surface area contributed by atoms with E-state index in [0.717, 1.165) is 21.3 Å². The summed E-state index contributed by atoms with van der Waals surface area (Å²) in [6.45, 7) is 2.56. The Morgan fingerprint density at radius 2 is 2.33 bits per heavy atom. The summed E-state index contributed by atoms with van der Waals surface area (Å²) < 4.78 is 6.70. The Labute approximate surface area is 96.6 Å². The van der Waals surface area contributed by atoms with Gasteiger partial charge in [0.25, 0.3) is 0 Å². The van der Waals surface area contributed by atoms with Gasteiger partial charge in [-0.05, 0) is 24.6 Å². The summed E-state index contributed by atoms with van der Waals surface area (Å²) in [5, 5.41) is 6.61. The van der Waals surface area contributed by atoms with Gasteiger partial charge in [-0.2, -0.15) is 5.10 Å². The topological polar surface area (TPSA) is 37.9 Å². The van der Waals surface area contributed by atoms with E-state index >= 15 is 0 Å². The third kappa shape index (κ3) is 2.59. The molecule has 0 fully saturated rings. The van der Waals surface area contributed by atoms with Crippen molar-refractivity contribution in [3.05, 3.63) is 46.2 Å². The van der Waals surface area contributed by atoms with E-state index in [2.05, 4.69) is 26.1 Å². The summed E-state index contributed by atoms with van der Waals surface area (Å²) in [6.07, 6.45) is 3.58. The highest BCUT2D eigenvalue weighted by molar-refractivity contribution is 9.10. The van der Waals surface area contributed by atoms with Crippen molar-refractivity contribution in [1.82, 2.24) is 10.2 Å². The van der Waals surface area contributed by atoms with Crippen LogP contribution >= 0.6 is 15.9 Å². The first-order chi connectivity index (χ1) is 7.25. The molecule has 0 bridgehead atoms. The number of hydrogen-bond donors (Lipinski definition) is 1. The molecule has 15 heavy (non-hydrogen) atoms. The fraction of sp³-hybridized carbons (Fsp3) is 0.182. The molecule has 1 heterocycles. The highest BCUT2D eigenvalue weighted by Crippen LogP contribution is 2.23. The number of ether oxygens (including phenoxy) is 1. The van der Waals surface area contributed by atoms with E-state index < -0.39 is 0 Å². The number of benzene rings is 1. The molecule has 4 heteroatoms. The van der Waals surface area contributed by atoms with Crippen LogP contribution in [0.2, 0.25) is 0 Å². The monoisotopic (exact) mass is 266 g/mol. The van der Waals surface area contributed by atoms with Gasteiger partial charge in [-0.25, -0.2) is 0 Å². The fourth-order valence-electron chi connectivity index (χ4n) is 1.25. The molecule has 2 rings (SSSR count). The van der Waals surface area contributed by atoms with Crippen LogP contribution in [-0.2, 0) is 6.61 Å². The molecule has 78 valence electrons. The number of aryl methyl sites for hydroxylation is 1. The van der Waals surface area contributed by atoms with E-state index in [4.69, 9.17) is 4.74 Å². The number of halogens is 1. The smallest absolute Gasteiger partial charge is 0.123 e. The minimum absolute atomic E-state index is 0.536. The number of nitrogens with zero attached hydrogens (tertiary/aromatic N) is 1. The van der Waals surface area contributed by atoms with Crippen LogP contribution in [-0.4, -0.2) is 10.2 Å². The molecular formula is C11H11BrN2O. The quantitative estimate of drug-likeness (QED) is 0.928. The van der Waals surface area contributed by atoms with Crippen molar-refractivity contribution < 1.29 is 4.74 Å². The lowest BCUT2D eigenvalue weighted by Gasteiger charge is -2.08. The molecule has 0 unspecified atom stereocenters. The number of rotatable bonds is 3. The Morgan fingerprint density at radius 3 is 3.07 bits per heavy atom. The zero-order valence-electron chi connectivity index (χ0n) is 8.33. The predicted octanol–water partition coefficient (Wildman–Crippen LogP) is 3.06. The fourth-order valence-corrected chi connectivity index (χ4v) is 1.59. The van der Waals surface area contributed by atoms with Gasteiger partial charge in [0, 0.05) is 16.2 Å². The van der Waals surface area contributed by atoms with E-state index in [1.165, 1.54) is 0 Å². The molecule has 0 saturated carbocycles. The average molecular weight is 267 g/mol. The number of hydrogen-bond acceptors (Lipinski definition) is 2.